The van der Waals surface area contributed by atoms with Gasteiger partial charge in [0.2, 0.25) is 15.9 Å². The van der Waals surface area contributed by atoms with Gasteiger partial charge in [0.05, 0.1) is 24.7 Å². The lowest BCUT2D eigenvalue weighted by Gasteiger charge is -2.27. The smallest absolute Gasteiger partial charge is 0.243 e. The highest BCUT2D eigenvalue weighted by atomic mass is 32.2. The van der Waals surface area contributed by atoms with Crippen LogP contribution in [-0.2, 0) is 14.8 Å². The standard InChI is InChI=1S/C18H22N4O4S/c23-27(24,16-4-2-1-3-5-16)22-7-6-15(13-22)26-18-12-17(19-14-20-18)21-8-10-25-11-9-21/h1-5,12,14-15H,6-11,13H2. The number of aromatic nitrogens is 2. The fraction of sp³-hybridized carbons (Fsp3) is 0.444. The van der Waals surface area contributed by atoms with E-state index in [1.807, 2.05) is 0 Å². The highest BCUT2D eigenvalue weighted by Crippen LogP contribution is 2.24. The van der Waals surface area contributed by atoms with Crippen molar-refractivity contribution in [3.8, 4) is 5.88 Å². The van der Waals surface area contributed by atoms with E-state index in [1.165, 1.54) is 10.6 Å². The number of morpholine rings is 1. The first-order valence-corrected chi connectivity index (χ1v) is 10.4. The summed E-state index contributed by atoms with van der Waals surface area (Å²) in [5.41, 5.74) is 0. The minimum Gasteiger partial charge on any atom is -0.473 e. The van der Waals surface area contributed by atoms with Crippen LogP contribution in [0.4, 0.5) is 5.82 Å². The molecule has 2 saturated heterocycles. The topological polar surface area (TPSA) is 84.9 Å². The lowest BCUT2D eigenvalue weighted by Crippen LogP contribution is -2.36. The first kappa shape index (κ1) is 18.1. The summed E-state index contributed by atoms with van der Waals surface area (Å²) in [6.45, 7) is 3.66. The molecule has 1 aromatic heterocycles. The fourth-order valence-corrected chi connectivity index (χ4v) is 4.79. The van der Waals surface area contributed by atoms with E-state index in [0.29, 0.717) is 43.5 Å². The SMILES string of the molecule is O=S(=O)(c1ccccc1)N1CCC(Oc2cc(N3CCOCC3)ncn2)C1. The predicted octanol–water partition coefficient (Wildman–Crippen LogP) is 1.16. The van der Waals surface area contributed by atoms with Crippen LogP contribution in [0.15, 0.2) is 47.6 Å². The second kappa shape index (κ2) is 7.79. The van der Waals surface area contributed by atoms with E-state index in [2.05, 4.69) is 14.9 Å². The third kappa shape index (κ3) is 4.05. The zero-order valence-electron chi connectivity index (χ0n) is 14.9. The molecule has 1 unspecified atom stereocenters. The van der Waals surface area contributed by atoms with Crippen molar-refractivity contribution in [1.29, 1.82) is 0 Å². The van der Waals surface area contributed by atoms with Gasteiger partial charge in [-0.05, 0) is 18.6 Å². The lowest BCUT2D eigenvalue weighted by molar-refractivity contribution is 0.122. The van der Waals surface area contributed by atoms with Gasteiger partial charge in [0.25, 0.3) is 0 Å². The monoisotopic (exact) mass is 390 g/mol. The van der Waals surface area contributed by atoms with Crippen LogP contribution in [0, 0.1) is 0 Å². The van der Waals surface area contributed by atoms with Crippen molar-refractivity contribution in [1.82, 2.24) is 14.3 Å². The quantitative estimate of drug-likeness (QED) is 0.757. The Hall–Kier alpha value is -2.23. The van der Waals surface area contributed by atoms with Crippen molar-refractivity contribution in [3.63, 3.8) is 0 Å². The van der Waals surface area contributed by atoms with E-state index >= 15 is 0 Å². The Labute approximate surface area is 158 Å². The van der Waals surface area contributed by atoms with Gasteiger partial charge < -0.3 is 14.4 Å². The van der Waals surface area contributed by atoms with Crippen molar-refractivity contribution in [3.05, 3.63) is 42.7 Å². The molecule has 0 N–H and O–H groups in total. The number of ether oxygens (including phenoxy) is 2. The van der Waals surface area contributed by atoms with Crippen LogP contribution in [0.5, 0.6) is 5.88 Å². The third-order valence-electron chi connectivity index (χ3n) is 4.74. The van der Waals surface area contributed by atoms with E-state index in [9.17, 15) is 8.42 Å². The molecular weight excluding hydrogens is 368 g/mol. The molecule has 1 atom stereocenters. The Morgan fingerprint density at radius 3 is 2.63 bits per heavy atom. The van der Waals surface area contributed by atoms with Crippen LogP contribution in [0.2, 0.25) is 0 Å². The molecule has 4 rings (SSSR count). The molecule has 2 fully saturated rings. The van der Waals surface area contributed by atoms with Gasteiger partial charge in [0.1, 0.15) is 18.2 Å². The number of rotatable bonds is 5. The number of hydrogen-bond donors (Lipinski definition) is 0. The molecule has 0 radical (unpaired) electrons. The van der Waals surface area contributed by atoms with Crippen LogP contribution in [0.1, 0.15) is 6.42 Å². The maximum Gasteiger partial charge on any atom is 0.243 e. The first-order chi connectivity index (χ1) is 13.1. The van der Waals surface area contributed by atoms with Gasteiger partial charge >= 0.3 is 0 Å². The molecule has 0 saturated carbocycles. The molecule has 2 aliphatic rings. The van der Waals surface area contributed by atoms with Crippen molar-refractivity contribution in [2.45, 2.75) is 17.4 Å². The van der Waals surface area contributed by atoms with Crippen molar-refractivity contribution in [2.75, 3.05) is 44.3 Å². The minimum atomic E-state index is -3.49. The van der Waals surface area contributed by atoms with E-state index in [-0.39, 0.29) is 6.10 Å². The number of sulfonamides is 1. The molecular formula is C18H22N4O4S. The predicted molar refractivity (Wildman–Crippen MR) is 99.3 cm³/mol. The van der Waals surface area contributed by atoms with Crippen molar-refractivity contribution in [2.24, 2.45) is 0 Å². The molecule has 2 aliphatic heterocycles. The maximum atomic E-state index is 12.7. The Morgan fingerprint density at radius 1 is 1.07 bits per heavy atom. The number of anilines is 1. The maximum absolute atomic E-state index is 12.7. The molecule has 0 amide bonds. The van der Waals surface area contributed by atoms with Gasteiger partial charge in [-0.15, -0.1) is 0 Å². The molecule has 0 spiro atoms. The van der Waals surface area contributed by atoms with Gasteiger partial charge in [-0.3, -0.25) is 0 Å². The summed E-state index contributed by atoms with van der Waals surface area (Å²) in [6.07, 6.45) is 1.88. The van der Waals surface area contributed by atoms with Gasteiger partial charge in [-0.2, -0.15) is 4.31 Å². The Balaban J connectivity index is 1.41. The van der Waals surface area contributed by atoms with Gasteiger partial charge in [-0.25, -0.2) is 18.4 Å². The van der Waals surface area contributed by atoms with E-state index in [1.54, 1.807) is 36.4 Å². The number of benzene rings is 1. The van der Waals surface area contributed by atoms with Crippen LogP contribution < -0.4 is 9.64 Å². The fourth-order valence-electron chi connectivity index (χ4n) is 3.28. The van der Waals surface area contributed by atoms with Crippen molar-refractivity contribution >= 4 is 15.8 Å². The summed E-state index contributed by atoms with van der Waals surface area (Å²) in [4.78, 5) is 10.9. The summed E-state index contributed by atoms with van der Waals surface area (Å²) < 4.78 is 38.2. The number of nitrogens with zero attached hydrogens (tertiary/aromatic N) is 4. The molecule has 8 nitrogen and oxygen atoms in total. The average Bonchev–Trinajstić information content (AvgIpc) is 3.19. The largest absolute Gasteiger partial charge is 0.473 e. The van der Waals surface area contributed by atoms with E-state index in [4.69, 9.17) is 9.47 Å². The molecule has 27 heavy (non-hydrogen) atoms. The molecule has 1 aromatic carbocycles. The van der Waals surface area contributed by atoms with Crippen molar-refractivity contribution < 1.29 is 17.9 Å². The zero-order chi connectivity index (χ0) is 18.7. The highest BCUT2D eigenvalue weighted by molar-refractivity contribution is 7.89. The van der Waals surface area contributed by atoms with E-state index < -0.39 is 10.0 Å². The summed E-state index contributed by atoms with van der Waals surface area (Å²) in [5, 5.41) is 0. The van der Waals surface area contributed by atoms with Gasteiger partial charge in [0, 0.05) is 25.7 Å². The molecule has 144 valence electrons. The average molecular weight is 390 g/mol. The Bertz CT molecular complexity index is 872. The third-order valence-corrected chi connectivity index (χ3v) is 6.62. The summed E-state index contributed by atoms with van der Waals surface area (Å²) in [6, 6.07) is 10.3. The summed E-state index contributed by atoms with van der Waals surface area (Å²) in [7, 11) is -3.49. The summed E-state index contributed by atoms with van der Waals surface area (Å²) in [5.74, 6) is 1.27. The zero-order valence-corrected chi connectivity index (χ0v) is 15.7. The minimum absolute atomic E-state index is 0.226. The van der Waals surface area contributed by atoms with Gasteiger partial charge in [-0.1, -0.05) is 18.2 Å². The Morgan fingerprint density at radius 2 is 1.85 bits per heavy atom. The van der Waals surface area contributed by atoms with Crippen LogP contribution >= 0.6 is 0 Å². The van der Waals surface area contributed by atoms with Gasteiger partial charge in [0.15, 0.2) is 0 Å². The molecule has 9 heteroatoms. The first-order valence-electron chi connectivity index (χ1n) is 8.99. The molecule has 3 heterocycles. The molecule has 2 aromatic rings. The van der Waals surface area contributed by atoms with Crippen LogP contribution in [0.25, 0.3) is 0 Å². The molecule has 0 bridgehead atoms. The molecule has 0 aliphatic carbocycles. The van der Waals surface area contributed by atoms with Crippen LogP contribution in [-0.4, -0.2) is 68.2 Å². The summed E-state index contributed by atoms with van der Waals surface area (Å²) >= 11 is 0. The number of hydrogen-bond acceptors (Lipinski definition) is 7. The highest BCUT2D eigenvalue weighted by Gasteiger charge is 2.33. The van der Waals surface area contributed by atoms with E-state index in [0.717, 1.165) is 18.9 Å². The van der Waals surface area contributed by atoms with Crippen LogP contribution in [0.3, 0.4) is 0 Å². The Kier molecular flexibility index (Phi) is 5.24. The second-order valence-electron chi connectivity index (χ2n) is 6.52. The normalized spacial score (nSPS) is 21.3. The second-order valence-corrected chi connectivity index (χ2v) is 8.46. The lowest BCUT2D eigenvalue weighted by atomic mass is 10.3.